The second-order valence-corrected chi connectivity index (χ2v) is 3.48. The van der Waals surface area contributed by atoms with Crippen LogP contribution in [0.2, 0.25) is 0 Å². The van der Waals surface area contributed by atoms with Crippen molar-refractivity contribution < 1.29 is 4.79 Å². The minimum atomic E-state index is 0.0362. The van der Waals surface area contributed by atoms with Crippen LogP contribution in [0, 0.1) is 6.92 Å². The van der Waals surface area contributed by atoms with Gasteiger partial charge in [0.05, 0.1) is 0 Å². The van der Waals surface area contributed by atoms with Crippen LogP contribution in [0.1, 0.15) is 25.0 Å². The highest BCUT2D eigenvalue weighted by molar-refractivity contribution is 5.90. The number of carbonyl (C=O) groups excluding carboxylic acids is 1. The number of pyridine rings is 1. The summed E-state index contributed by atoms with van der Waals surface area (Å²) in [7, 11) is 0. The second kappa shape index (κ2) is 6.14. The highest BCUT2D eigenvalue weighted by Crippen LogP contribution is 2.08. The Morgan fingerprint density at radius 1 is 1.53 bits per heavy atom. The number of amides is 1. The minimum Gasteiger partial charge on any atom is -0.330 e. The van der Waals surface area contributed by atoms with Crippen LogP contribution >= 0.6 is 0 Å². The van der Waals surface area contributed by atoms with Gasteiger partial charge in [-0.05, 0) is 38.4 Å². The van der Waals surface area contributed by atoms with Gasteiger partial charge >= 0.3 is 0 Å². The summed E-state index contributed by atoms with van der Waals surface area (Å²) in [5.41, 5.74) is 7.05. The van der Waals surface area contributed by atoms with Gasteiger partial charge in [0.1, 0.15) is 0 Å². The summed E-state index contributed by atoms with van der Waals surface area (Å²) in [6.07, 6.45) is 3.94. The summed E-state index contributed by atoms with van der Waals surface area (Å²) >= 11 is 0. The van der Waals surface area contributed by atoms with Gasteiger partial charge in [-0.3, -0.25) is 9.78 Å². The topological polar surface area (TPSA) is 68.0 Å². The van der Waals surface area contributed by atoms with Crippen LogP contribution in [-0.4, -0.2) is 17.4 Å². The third-order valence-electron chi connectivity index (χ3n) is 2.04. The van der Waals surface area contributed by atoms with Gasteiger partial charge in [0.2, 0.25) is 5.91 Å². The molecule has 0 aliphatic heterocycles. The van der Waals surface area contributed by atoms with Crippen molar-refractivity contribution in [2.24, 2.45) is 5.73 Å². The summed E-state index contributed by atoms with van der Waals surface area (Å²) in [5.74, 6) is 0.0362. The third kappa shape index (κ3) is 4.56. The van der Waals surface area contributed by atoms with E-state index in [0.717, 1.165) is 24.2 Å². The lowest BCUT2D eigenvalue weighted by Gasteiger charge is -2.04. The van der Waals surface area contributed by atoms with E-state index < -0.39 is 0 Å². The van der Waals surface area contributed by atoms with Crippen molar-refractivity contribution in [1.29, 1.82) is 0 Å². The van der Waals surface area contributed by atoms with E-state index in [1.165, 1.54) is 0 Å². The molecule has 0 radical (unpaired) electrons. The molecule has 0 unspecified atom stereocenters. The summed E-state index contributed by atoms with van der Waals surface area (Å²) in [6, 6.07) is 3.63. The number of nitrogens with zero attached hydrogens (tertiary/aromatic N) is 1. The first-order valence-electron chi connectivity index (χ1n) is 5.15. The fraction of sp³-hybridized carbons (Fsp3) is 0.455. The lowest BCUT2D eigenvalue weighted by Crippen LogP contribution is -2.12. The Hall–Kier alpha value is -1.42. The van der Waals surface area contributed by atoms with Crippen molar-refractivity contribution in [3.63, 3.8) is 0 Å². The molecule has 0 aromatic carbocycles. The zero-order valence-electron chi connectivity index (χ0n) is 8.99. The molecule has 0 bridgehead atoms. The summed E-state index contributed by atoms with van der Waals surface area (Å²) < 4.78 is 0. The van der Waals surface area contributed by atoms with Gasteiger partial charge in [0.15, 0.2) is 0 Å². The van der Waals surface area contributed by atoms with E-state index in [-0.39, 0.29) is 5.91 Å². The van der Waals surface area contributed by atoms with Crippen LogP contribution < -0.4 is 11.1 Å². The molecule has 1 amide bonds. The molecular formula is C11H17N3O. The van der Waals surface area contributed by atoms with E-state index >= 15 is 0 Å². The number of nitrogens with one attached hydrogen (secondary N) is 1. The standard InChI is InChI=1S/C11H17N3O/c1-9-8-10(5-7-13-9)14-11(15)4-2-3-6-12/h5,7-8H,2-4,6,12H2,1H3,(H,13,14,15). The Labute approximate surface area is 89.9 Å². The molecule has 1 aromatic heterocycles. The molecule has 1 heterocycles. The zero-order valence-corrected chi connectivity index (χ0v) is 8.99. The van der Waals surface area contributed by atoms with Gasteiger partial charge in [0, 0.05) is 24.0 Å². The van der Waals surface area contributed by atoms with Crippen molar-refractivity contribution in [3.8, 4) is 0 Å². The van der Waals surface area contributed by atoms with Gasteiger partial charge in [-0.25, -0.2) is 0 Å². The summed E-state index contributed by atoms with van der Waals surface area (Å²) in [5, 5.41) is 2.82. The first kappa shape index (κ1) is 11.7. The molecule has 4 nitrogen and oxygen atoms in total. The number of aryl methyl sites for hydroxylation is 1. The number of hydrogen-bond acceptors (Lipinski definition) is 3. The molecular weight excluding hydrogens is 190 g/mol. The maximum atomic E-state index is 11.4. The maximum Gasteiger partial charge on any atom is 0.224 e. The number of hydrogen-bond donors (Lipinski definition) is 2. The van der Waals surface area contributed by atoms with Crippen molar-refractivity contribution in [2.75, 3.05) is 11.9 Å². The fourth-order valence-corrected chi connectivity index (χ4v) is 1.28. The number of carbonyl (C=O) groups is 1. The number of rotatable bonds is 5. The van der Waals surface area contributed by atoms with Crippen molar-refractivity contribution in [3.05, 3.63) is 24.0 Å². The Bertz CT molecular complexity index is 325. The summed E-state index contributed by atoms with van der Waals surface area (Å²) in [6.45, 7) is 2.53. The average molecular weight is 207 g/mol. The van der Waals surface area contributed by atoms with Crippen LogP contribution in [0.15, 0.2) is 18.3 Å². The van der Waals surface area contributed by atoms with E-state index in [9.17, 15) is 4.79 Å². The Kier molecular flexibility index (Phi) is 4.77. The average Bonchev–Trinajstić information content (AvgIpc) is 2.18. The molecule has 3 N–H and O–H groups in total. The highest BCUT2D eigenvalue weighted by atomic mass is 16.1. The first-order valence-corrected chi connectivity index (χ1v) is 5.15. The first-order chi connectivity index (χ1) is 7.22. The molecule has 0 aliphatic carbocycles. The predicted molar refractivity (Wildman–Crippen MR) is 60.5 cm³/mol. The fourth-order valence-electron chi connectivity index (χ4n) is 1.28. The zero-order chi connectivity index (χ0) is 11.1. The van der Waals surface area contributed by atoms with Gasteiger partial charge in [-0.15, -0.1) is 0 Å². The largest absolute Gasteiger partial charge is 0.330 e. The van der Waals surface area contributed by atoms with Gasteiger partial charge in [-0.2, -0.15) is 0 Å². The molecule has 0 aliphatic rings. The molecule has 0 fully saturated rings. The molecule has 1 aromatic rings. The van der Waals surface area contributed by atoms with Crippen LogP contribution in [-0.2, 0) is 4.79 Å². The Morgan fingerprint density at radius 3 is 3.00 bits per heavy atom. The summed E-state index contributed by atoms with van der Waals surface area (Å²) in [4.78, 5) is 15.5. The van der Waals surface area contributed by atoms with E-state index in [4.69, 9.17) is 5.73 Å². The quantitative estimate of drug-likeness (QED) is 0.718. The lowest BCUT2D eigenvalue weighted by molar-refractivity contribution is -0.116. The SMILES string of the molecule is Cc1cc(NC(=O)CCCCN)ccn1. The number of unbranched alkanes of at least 4 members (excludes halogenated alkanes) is 1. The third-order valence-corrected chi connectivity index (χ3v) is 2.04. The van der Waals surface area contributed by atoms with Gasteiger partial charge < -0.3 is 11.1 Å². The van der Waals surface area contributed by atoms with Crippen molar-refractivity contribution in [2.45, 2.75) is 26.2 Å². The number of anilines is 1. The molecule has 4 heteroatoms. The van der Waals surface area contributed by atoms with Gasteiger partial charge in [0.25, 0.3) is 0 Å². The monoisotopic (exact) mass is 207 g/mol. The normalized spacial score (nSPS) is 10.0. The Balaban J connectivity index is 2.37. The molecule has 0 saturated carbocycles. The molecule has 82 valence electrons. The second-order valence-electron chi connectivity index (χ2n) is 3.48. The molecule has 15 heavy (non-hydrogen) atoms. The number of nitrogens with two attached hydrogens (primary N) is 1. The highest BCUT2D eigenvalue weighted by Gasteiger charge is 2.01. The lowest BCUT2D eigenvalue weighted by atomic mass is 10.2. The van der Waals surface area contributed by atoms with Crippen LogP contribution in [0.25, 0.3) is 0 Å². The molecule has 1 rings (SSSR count). The van der Waals surface area contributed by atoms with Crippen molar-refractivity contribution >= 4 is 11.6 Å². The molecule has 0 atom stereocenters. The van der Waals surface area contributed by atoms with Crippen LogP contribution in [0.4, 0.5) is 5.69 Å². The maximum absolute atomic E-state index is 11.4. The predicted octanol–water partition coefficient (Wildman–Crippen LogP) is 1.46. The smallest absolute Gasteiger partial charge is 0.224 e. The Morgan fingerprint density at radius 2 is 2.33 bits per heavy atom. The van der Waals surface area contributed by atoms with Crippen molar-refractivity contribution in [1.82, 2.24) is 4.98 Å². The minimum absolute atomic E-state index is 0.0362. The van der Waals surface area contributed by atoms with E-state index in [1.54, 1.807) is 12.3 Å². The molecule has 0 spiro atoms. The number of aromatic nitrogens is 1. The van der Waals surface area contributed by atoms with E-state index in [1.807, 2.05) is 13.0 Å². The van der Waals surface area contributed by atoms with E-state index in [0.29, 0.717) is 13.0 Å². The van der Waals surface area contributed by atoms with E-state index in [2.05, 4.69) is 10.3 Å². The van der Waals surface area contributed by atoms with Crippen LogP contribution in [0.5, 0.6) is 0 Å². The van der Waals surface area contributed by atoms with Crippen LogP contribution in [0.3, 0.4) is 0 Å². The molecule has 0 saturated heterocycles. The van der Waals surface area contributed by atoms with Gasteiger partial charge in [-0.1, -0.05) is 0 Å².